The van der Waals surface area contributed by atoms with Gasteiger partial charge in [0.25, 0.3) is 5.91 Å². The average Bonchev–Trinajstić information content (AvgIpc) is 2.72. The van der Waals surface area contributed by atoms with Crippen molar-refractivity contribution in [3.63, 3.8) is 0 Å². The molecule has 1 atom stereocenters. The molecule has 1 aliphatic rings. The van der Waals surface area contributed by atoms with E-state index in [2.05, 4.69) is 19.2 Å². The summed E-state index contributed by atoms with van der Waals surface area (Å²) in [6, 6.07) is 1.85. The topological polar surface area (TPSA) is 42.2 Å². The molecule has 4 heteroatoms. The number of halogens is 1. The first-order chi connectivity index (χ1) is 7.48. The number of carbonyl (C=O) groups excluding carboxylic acids is 1. The summed E-state index contributed by atoms with van der Waals surface area (Å²) in [7, 11) is 0. The maximum Gasteiger partial charge on any atom is 0.256 e. The summed E-state index contributed by atoms with van der Waals surface area (Å²) in [6.45, 7) is 4.45. The predicted octanol–water partition coefficient (Wildman–Crippen LogP) is 3.24. The lowest BCUT2D eigenvalue weighted by atomic mass is 9.92. The van der Waals surface area contributed by atoms with Crippen LogP contribution in [0.5, 0.6) is 0 Å². The normalized spacial score (nSPS) is 23.3. The largest absolute Gasteiger partial charge is 0.452 e. The molecule has 1 heterocycles. The molecule has 3 nitrogen and oxygen atoms in total. The molecule has 0 radical (unpaired) electrons. The van der Waals surface area contributed by atoms with Gasteiger partial charge in [-0.15, -0.1) is 0 Å². The second-order valence-electron chi connectivity index (χ2n) is 5.19. The molecule has 0 saturated heterocycles. The Bertz CT molecular complexity index is 397. The fourth-order valence-corrected chi connectivity index (χ4v) is 2.48. The van der Waals surface area contributed by atoms with Crippen molar-refractivity contribution < 1.29 is 9.21 Å². The molecule has 1 saturated carbocycles. The molecule has 16 heavy (non-hydrogen) atoms. The van der Waals surface area contributed by atoms with Crippen LogP contribution in [0, 0.1) is 5.41 Å². The van der Waals surface area contributed by atoms with Crippen molar-refractivity contribution in [2.75, 3.05) is 0 Å². The van der Waals surface area contributed by atoms with Crippen LogP contribution >= 0.6 is 11.6 Å². The van der Waals surface area contributed by atoms with Gasteiger partial charge in [0.2, 0.25) is 5.22 Å². The smallest absolute Gasteiger partial charge is 0.256 e. The molecular weight excluding hydrogens is 226 g/mol. The van der Waals surface area contributed by atoms with Crippen molar-refractivity contribution in [3.8, 4) is 0 Å². The Morgan fingerprint density at radius 3 is 2.88 bits per heavy atom. The molecule has 1 unspecified atom stereocenters. The summed E-state index contributed by atoms with van der Waals surface area (Å²) in [4.78, 5) is 11.8. The van der Waals surface area contributed by atoms with E-state index in [-0.39, 0.29) is 17.2 Å². The molecule has 1 fully saturated rings. The Morgan fingerprint density at radius 2 is 2.38 bits per heavy atom. The van der Waals surface area contributed by atoms with Gasteiger partial charge in [-0.1, -0.05) is 13.8 Å². The quantitative estimate of drug-likeness (QED) is 0.864. The Hall–Kier alpha value is -0.960. The third-order valence-electron chi connectivity index (χ3n) is 3.17. The van der Waals surface area contributed by atoms with E-state index in [0.717, 1.165) is 19.3 Å². The van der Waals surface area contributed by atoms with Crippen molar-refractivity contribution in [1.82, 2.24) is 5.32 Å². The third-order valence-corrected chi connectivity index (χ3v) is 3.46. The molecule has 0 aromatic carbocycles. The third kappa shape index (κ3) is 2.40. The van der Waals surface area contributed by atoms with E-state index in [1.807, 2.05) is 0 Å². The van der Waals surface area contributed by atoms with Crippen molar-refractivity contribution in [2.24, 2.45) is 5.41 Å². The standard InChI is InChI=1S/C12H16ClNO2/c1-12(2)5-3-8(7-12)14-11(15)9-4-6-16-10(9)13/h4,6,8H,3,5,7H2,1-2H3,(H,14,15). The number of rotatable bonds is 2. The van der Waals surface area contributed by atoms with Crippen LogP contribution in [0.3, 0.4) is 0 Å². The summed E-state index contributed by atoms with van der Waals surface area (Å²) < 4.78 is 4.90. The number of amides is 1. The summed E-state index contributed by atoms with van der Waals surface area (Å²) in [5.74, 6) is -0.138. The van der Waals surface area contributed by atoms with Crippen LogP contribution in [0.4, 0.5) is 0 Å². The van der Waals surface area contributed by atoms with E-state index < -0.39 is 0 Å². The van der Waals surface area contributed by atoms with Gasteiger partial charge in [0.1, 0.15) is 0 Å². The van der Waals surface area contributed by atoms with Gasteiger partial charge in [0.15, 0.2) is 0 Å². The van der Waals surface area contributed by atoms with E-state index >= 15 is 0 Å². The van der Waals surface area contributed by atoms with Gasteiger partial charge in [-0.05, 0) is 42.3 Å². The monoisotopic (exact) mass is 241 g/mol. The minimum Gasteiger partial charge on any atom is -0.452 e. The first-order valence-electron chi connectivity index (χ1n) is 5.52. The molecule has 0 spiro atoms. The second kappa shape index (κ2) is 4.13. The summed E-state index contributed by atoms with van der Waals surface area (Å²) in [5.41, 5.74) is 0.754. The summed E-state index contributed by atoms with van der Waals surface area (Å²) >= 11 is 5.75. The van der Waals surface area contributed by atoms with E-state index in [0.29, 0.717) is 11.0 Å². The van der Waals surface area contributed by atoms with E-state index in [1.165, 1.54) is 6.26 Å². The highest BCUT2D eigenvalue weighted by Gasteiger charge is 2.32. The number of hydrogen-bond acceptors (Lipinski definition) is 2. The van der Waals surface area contributed by atoms with Crippen LogP contribution < -0.4 is 5.32 Å². The van der Waals surface area contributed by atoms with Gasteiger partial charge in [0.05, 0.1) is 11.8 Å². The number of carbonyl (C=O) groups is 1. The molecule has 1 aromatic heterocycles. The van der Waals surface area contributed by atoms with E-state index in [4.69, 9.17) is 16.0 Å². The highest BCUT2D eigenvalue weighted by atomic mass is 35.5. The van der Waals surface area contributed by atoms with Gasteiger partial charge in [-0.25, -0.2) is 0 Å². The second-order valence-corrected chi connectivity index (χ2v) is 5.53. The lowest BCUT2D eigenvalue weighted by Crippen LogP contribution is -2.33. The maximum atomic E-state index is 11.8. The minimum atomic E-state index is -0.138. The Labute approximate surface area is 100 Å². The Balaban J connectivity index is 1.97. The highest BCUT2D eigenvalue weighted by molar-refractivity contribution is 6.32. The lowest BCUT2D eigenvalue weighted by molar-refractivity contribution is 0.0935. The molecule has 0 bridgehead atoms. The zero-order valence-corrected chi connectivity index (χ0v) is 10.3. The Morgan fingerprint density at radius 1 is 1.62 bits per heavy atom. The molecule has 1 aliphatic carbocycles. The molecule has 0 aliphatic heterocycles. The highest BCUT2D eigenvalue weighted by Crippen LogP contribution is 2.37. The molecule has 88 valence electrons. The number of nitrogens with one attached hydrogen (secondary N) is 1. The zero-order chi connectivity index (χ0) is 11.8. The Kier molecular flexibility index (Phi) is 2.98. The van der Waals surface area contributed by atoms with E-state index in [9.17, 15) is 4.79 Å². The average molecular weight is 242 g/mol. The van der Waals surface area contributed by atoms with Gasteiger partial charge in [-0.3, -0.25) is 4.79 Å². The fraction of sp³-hybridized carbons (Fsp3) is 0.583. The molecule has 1 N–H and O–H groups in total. The van der Waals surface area contributed by atoms with Gasteiger partial charge >= 0.3 is 0 Å². The van der Waals surface area contributed by atoms with Crippen LogP contribution in [-0.2, 0) is 0 Å². The van der Waals surface area contributed by atoms with Gasteiger partial charge < -0.3 is 9.73 Å². The van der Waals surface area contributed by atoms with Gasteiger partial charge in [-0.2, -0.15) is 0 Å². The van der Waals surface area contributed by atoms with Crippen molar-refractivity contribution in [3.05, 3.63) is 23.1 Å². The minimum absolute atomic E-state index is 0.138. The lowest BCUT2D eigenvalue weighted by Gasteiger charge is -2.17. The van der Waals surface area contributed by atoms with Crippen molar-refractivity contribution in [2.45, 2.75) is 39.2 Å². The number of hydrogen-bond donors (Lipinski definition) is 1. The fourth-order valence-electron chi connectivity index (χ4n) is 2.28. The zero-order valence-electron chi connectivity index (χ0n) is 9.55. The first kappa shape index (κ1) is 11.5. The number of furan rings is 1. The van der Waals surface area contributed by atoms with Crippen molar-refractivity contribution >= 4 is 17.5 Å². The van der Waals surface area contributed by atoms with Crippen LogP contribution in [0.2, 0.25) is 5.22 Å². The van der Waals surface area contributed by atoms with Crippen molar-refractivity contribution in [1.29, 1.82) is 0 Å². The van der Waals surface area contributed by atoms with E-state index in [1.54, 1.807) is 6.07 Å². The molecular formula is C12H16ClNO2. The van der Waals surface area contributed by atoms with Crippen LogP contribution in [0.1, 0.15) is 43.5 Å². The molecule has 1 aromatic rings. The first-order valence-corrected chi connectivity index (χ1v) is 5.90. The molecule has 2 rings (SSSR count). The van der Waals surface area contributed by atoms with Crippen LogP contribution in [-0.4, -0.2) is 11.9 Å². The molecule has 1 amide bonds. The maximum absolute atomic E-state index is 11.8. The predicted molar refractivity (Wildman–Crippen MR) is 62.6 cm³/mol. The summed E-state index contributed by atoms with van der Waals surface area (Å²) in [5, 5.41) is 3.16. The van der Waals surface area contributed by atoms with Crippen LogP contribution in [0.15, 0.2) is 16.7 Å². The van der Waals surface area contributed by atoms with Crippen LogP contribution in [0.25, 0.3) is 0 Å². The van der Waals surface area contributed by atoms with Gasteiger partial charge in [0, 0.05) is 6.04 Å². The summed E-state index contributed by atoms with van der Waals surface area (Å²) in [6.07, 6.45) is 4.63. The SMILES string of the molecule is CC1(C)CCC(NC(=O)c2ccoc2Cl)C1.